The molecule has 0 atom stereocenters. The number of nitrogens with zero attached hydrogens (tertiary/aromatic N) is 2. The zero-order valence-corrected chi connectivity index (χ0v) is 21.8. The summed E-state index contributed by atoms with van der Waals surface area (Å²) in [6.07, 6.45) is -2.01. The fourth-order valence-corrected chi connectivity index (χ4v) is 3.38. The summed E-state index contributed by atoms with van der Waals surface area (Å²) in [7, 11) is 0. The molecule has 2 rings (SSSR count). The Morgan fingerprint density at radius 2 is 1.66 bits per heavy atom. The molecule has 12 nitrogen and oxygen atoms in total. The molecule has 2 aromatic carbocycles. The number of ether oxygens (including phenoxy) is 1. The summed E-state index contributed by atoms with van der Waals surface area (Å²) in [5.74, 6) is 8.71. The Balaban J connectivity index is 1.72. The van der Waals surface area contributed by atoms with Crippen molar-refractivity contribution in [1.29, 1.82) is 0 Å². The Hall–Kier alpha value is -4.70. The van der Waals surface area contributed by atoms with Gasteiger partial charge in [0.15, 0.2) is 0 Å². The lowest BCUT2D eigenvalue weighted by Crippen LogP contribution is -2.35. The molecule has 0 spiro atoms. The van der Waals surface area contributed by atoms with E-state index in [1.165, 1.54) is 34.6 Å². The lowest BCUT2D eigenvalue weighted by molar-refractivity contribution is -0.274. The van der Waals surface area contributed by atoms with E-state index in [1.807, 2.05) is 0 Å². The first-order valence-electron chi connectivity index (χ1n) is 12.1. The second kappa shape index (κ2) is 15.2. The molecule has 11 N–H and O–H groups in total. The molecule has 0 saturated carbocycles. The van der Waals surface area contributed by atoms with Crippen molar-refractivity contribution in [2.75, 3.05) is 13.1 Å². The van der Waals surface area contributed by atoms with Gasteiger partial charge < -0.3 is 42.0 Å². The van der Waals surface area contributed by atoms with Gasteiger partial charge in [-0.3, -0.25) is 9.59 Å². The van der Waals surface area contributed by atoms with Crippen molar-refractivity contribution in [2.45, 2.75) is 32.2 Å². The summed E-state index contributed by atoms with van der Waals surface area (Å²) < 4.78 is 54.8. The molecule has 2 aromatic rings. The predicted octanol–water partition coefficient (Wildman–Crippen LogP) is 1.09. The van der Waals surface area contributed by atoms with Crippen LogP contribution in [0.15, 0.2) is 66.4 Å². The van der Waals surface area contributed by atoms with Crippen LogP contribution in [0.25, 0.3) is 0 Å². The molecule has 0 bridgehead atoms. The molecule has 41 heavy (non-hydrogen) atoms. The van der Waals surface area contributed by atoms with Gasteiger partial charge in [0.2, 0.25) is 5.91 Å². The molecule has 0 heterocycles. The molecule has 0 fully saturated rings. The molecule has 0 saturated heterocycles. The van der Waals surface area contributed by atoms with E-state index in [4.69, 9.17) is 23.2 Å². The Kier molecular flexibility index (Phi) is 12.0. The van der Waals surface area contributed by atoms with E-state index in [-0.39, 0.29) is 29.4 Å². The number of carbonyl (C=O) groups is 2. The minimum atomic E-state index is -4.96. The fraction of sp³-hybridized carbons (Fsp3) is 0.280. The van der Waals surface area contributed by atoms with Crippen LogP contribution >= 0.6 is 0 Å². The highest BCUT2D eigenvalue weighted by atomic mass is 19.4. The van der Waals surface area contributed by atoms with Crippen LogP contribution in [0.5, 0.6) is 11.5 Å². The quantitative estimate of drug-likeness (QED) is 0.0555. The van der Waals surface area contributed by atoms with E-state index < -0.39 is 36.2 Å². The van der Waals surface area contributed by atoms with Crippen molar-refractivity contribution in [3.8, 4) is 11.5 Å². The van der Waals surface area contributed by atoms with Gasteiger partial charge in [0.05, 0.1) is 12.6 Å². The third-order valence-electron chi connectivity index (χ3n) is 5.20. The summed E-state index contributed by atoms with van der Waals surface area (Å²) in [4.78, 5) is 24.3. The summed E-state index contributed by atoms with van der Waals surface area (Å²) in [5.41, 5.74) is 11.7. The number of alkyl halides is 3. The van der Waals surface area contributed by atoms with Gasteiger partial charge in [-0.05, 0) is 48.7 Å². The van der Waals surface area contributed by atoms with Gasteiger partial charge >= 0.3 is 6.36 Å². The third kappa shape index (κ3) is 12.8. The van der Waals surface area contributed by atoms with E-state index in [2.05, 4.69) is 15.4 Å². The van der Waals surface area contributed by atoms with Gasteiger partial charge in [-0.2, -0.15) is 0 Å². The molecule has 0 aliphatic rings. The molecule has 224 valence electrons. The number of amides is 2. The Morgan fingerprint density at radius 1 is 1.00 bits per heavy atom. The van der Waals surface area contributed by atoms with Crippen molar-refractivity contribution in [3.63, 3.8) is 0 Å². The maximum atomic E-state index is 13.9. The molecule has 2 amide bonds. The van der Waals surface area contributed by atoms with Crippen molar-refractivity contribution in [1.82, 2.24) is 20.7 Å². The van der Waals surface area contributed by atoms with Gasteiger partial charge in [0.1, 0.15) is 28.8 Å². The molecule has 0 aromatic heterocycles. The van der Waals surface area contributed by atoms with Crippen LogP contribution in [0.2, 0.25) is 0 Å². The highest BCUT2D eigenvalue weighted by Crippen LogP contribution is 2.25. The topological polar surface area (TPSA) is 198 Å². The largest absolute Gasteiger partial charge is 0.573 e. The zero-order valence-electron chi connectivity index (χ0n) is 21.8. The third-order valence-corrected chi connectivity index (χ3v) is 5.20. The predicted molar refractivity (Wildman–Crippen MR) is 140 cm³/mol. The number of hydrogen-bond donors (Lipinski definition) is 7. The lowest BCUT2D eigenvalue weighted by atomic mass is 10.1. The maximum absolute atomic E-state index is 13.9. The minimum absolute atomic E-state index is 0.0760. The van der Waals surface area contributed by atoms with Gasteiger partial charge in [-0.1, -0.05) is 12.1 Å². The summed E-state index contributed by atoms with van der Waals surface area (Å²) in [6.45, 7) is 0.781. The van der Waals surface area contributed by atoms with Crippen molar-refractivity contribution in [3.05, 3.63) is 83.3 Å². The number of phenolic OH excluding ortho intramolecular Hbond substituents is 1. The smallest absolute Gasteiger partial charge is 0.508 e. The standard InChI is InChI=1S/C25H32F4N8O4/c26-20-7-6-19(41-25(27,28)29)11-17(20)12-23(39)35-22(31)15-37(33)9-2-1-8-36(32)14-21(30)24(40)34-13-16-4-3-5-18(38)10-16/h3-7,10-11,14-15,38H,1-2,8-9,12-13,30-33H2,(H,34,40)(H,35,39)/b21-14-,22-15+. The first-order valence-corrected chi connectivity index (χ1v) is 12.1. The Morgan fingerprint density at radius 3 is 2.29 bits per heavy atom. The van der Waals surface area contributed by atoms with Gasteiger partial charge in [-0.25, -0.2) is 16.1 Å². The van der Waals surface area contributed by atoms with E-state index >= 15 is 0 Å². The number of benzene rings is 2. The second-order valence-corrected chi connectivity index (χ2v) is 8.73. The summed E-state index contributed by atoms with van der Waals surface area (Å²) >= 11 is 0. The number of carbonyl (C=O) groups excluding carboxylic acids is 2. The van der Waals surface area contributed by atoms with Crippen LogP contribution in [0.4, 0.5) is 17.6 Å². The summed E-state index contributed by atoms with van der Waals surface area (Å²) in [5, 5.41) is 16.8. The number of phenols is 1. The van der Waals surface area contributed by atoms with Gasteiger partial charge in [0.25, 0.3) is 5.91 Å². The molecule has 0 aliphatic carbocycles. The molecule has 16 heteroatoms. The van der Waals surface area contributed by atoms with E-state index in [0.29, 0.717) is 31.5 Å². The molecular weight excluding hydrogens is 552 g/mol. The highest BCUT2D eigenvalue weighted by Gasteiger charge is 2.31. The average Bonchev–Trinajstić information content (AvgIpc) is 2.86. The van der Waals surface area contributed by atoms with Crippen LogP contribution in [-0.2, 0) is 22.6 Å². The first kappa shape index (κ1) is 32.5. The fourth-order valence-electron chi connectivity index (χ4n) is 3.38. The number of hydrazine groups is 2. The number of nitrogens with one attached hydrogen (secondary N) is 2. The van der Waals surface area contributed by atoms with Crippen LogP contribution in [-0.4, -0.2) is 46.4 Å². The Labute approximate surface area is 233 Å². The maximum Gasteiger partial charge on any atom is 0.573 e. The normalized spacial score (nSPS) is 12.0. The van der Waals surface area contributed by atoms with Crippen LogP contribution < -0.4 is 38.5 Å². The lowest BCUT2D eigenvalue weighted by Gasteiger charge is -2.18. The average molecular weight is 585 g/mol. The van der Waals surface area contributed by atoms with E-state index in [0.717, 1.165) is 18.2 Å². The van der Waals surface area contributed by atoms with Crippen LogP contribution in [0.3, 0.4) is 0 Å². The Bertz CT molecular complexity index is 1260. The second-order valence-electron chi connectivity index (χ2n) is 8.73. The number of halogens is 4. The van der Waals surface area contributed by atoms with Crippen LogP contribution in [0.1, 0.15) is 24.0 Å². The number of hydrogen-bond acceptors (Lipinski definition) is 10. The minimum Gasteiger partial charge on any atom is -0.508 e. The SMILES string of the molecule is N/C(=C\N(N)CCCCN(N)/C=C(\N)NC(=O)Cc1cc(OC(F)(F)F)ccc1F)C(=O)NCc1cccc(O)c1. The monoisotopic (exact) mass is 584 g/mol. The van der Waals surface area contributed by atoms with Crippen molar-refractivity contribution >= 4 is 11.8 Å². The number of unbranched alkanes of at least 4 members (excludes halogenated alkanes) is 1. The van der Waals surface area contributed by atoms with Gasteiger partial charge in [0, 0.05) is 31.4 Å². The molecule has 0 radical (unpaired) electrons. The molecule has 0 aliphatic heterocycles. The molecular formula is C25H32F4N8O4. The van der Waals surface area contributed by atoms with Crippen molar-refractivity contribution < 1.29 is 37.0 Å². The first-order chi connectivity index (χ1) is 19.2. The van der Waals surface area contributed by atoms with E-state index in [9.17, 15) is 32.3 Å². The highest BCUT2D eigenvalue weighted by molar-refractivity contribution is 5.92. The number of aromatic hydroxyl groups is 1. The van der Waals surface area contributed by atoms with Crippen LogP contribution in [0, 0.1) is 5.82 Å². The molecule has 0 unspecified atom stereocenters. The zero-order chi connectivity index (χ0) is 30.6. The van der Waals surface area contributed by atoms with Crippen molar-refractivity contribution in [2.24, 2.45) is 23.2 Å². The van der Waals surface area contributed by atoms with Gasteiger partial charge in [-0.15, -0.1) is 13.2 Å². The number of nitrogens with two attached hydrogens (primary N) is 4. The number of rotatable bonds is 14. The summed E-state index contributed by atoms with van der Waals surface area (Å²) in [6, 6.07) is 8.71. The van der Waals surface area contributed by atoms with E-state index in [1.54, 1.807) is 12.1 Å².